The first-order valence-corrected chi connectivity index (χ1v) is 6.94. The van der Waals surface area contributed by atoms with Crippen LogP contribution in [0.25, 0.3) is 0 Å². The molecule has 1 unspecified atom stereocenters. The van der Waals surface area contributed by atoms with Gasteiger partial charge in [0.1, 0.15) is 0 Å². The fourth-order valence-electron chi connectivity index (χ4n) is 3.83. The molecular formula is C16H25N. The van der Waals surface area contributed by atoms with Gasteiger partial charge in [-0.1, -0.05) is 57.0 Å². The van der Waals surface area contributed by atoms with Crippen molar-refractivity contribution < 1.29 is 0 Å². The van der Waals surface area contributed by atoms with Gasteiger partial charge in [-0.3, -0.25) is 0 Å². The first-order valence-electron chi connectivity index (χ1n) is 6.94. The van der Waals surface area contributed by atoms with Crippen molar-refractivity contribution in [2.45, 2.75) is 45.4 Å². The molecule has 94 valence electrons. The lowest BCUT2D eigenvalue weighted by molar-refractivity contribution is 0.194. The Bertz CT molecular complexity index is 336. The number of rotatable bonds is 4. The molecule has 0 bridgehead atoms. The van der Waals surface area contributed by atoms with E-state index in [2.05, 4.69) is 44.2 Å². The van der Waals surface area contributed by atoms with Crippen molar-refractivity contribution >= 4 is 0 Å². The topological polar surface area (TPSA) is 26.0 Å². The van der Waals surface area contributed by atoms with Crippen molar-refractivity contribution in [3.05, 3.63) is 35.9 Å². The highest BCUT2D eigenvalue weighted by molar-refractivity contribution is 5.23. The average Bonchev–Trinajstić information content (AvgIpc) is 2.80. The van der Waals surface area contributed by atoms with E-state index in [0.29, 0.717) is 17.3 Å². The Morgan fingerprint density at radius 2 is 1.71 bits per heavy atom. The summed E-state index contributed by atoms with van der Waals surface area (Å²) in [7, 11) is 0. The molecule has 1 fully saturated rings. The molecule has 0 aromatic heterocycles. The molecule has 1 saturated carbocycles. The molecule has 0 amide bonds. The molecule has 0 heterocycles. The minimum Gasteiger partial charge on any atom is -0.330 e. The van der Waals surface area contributed by atoms with E-state index < -0.39 is 0 Å². The van der Waals surface area contributed by atoms with Crippen LogP contribution in [0.2, 0.25) is 0 Å². The van der Waals surface area contributed by atoms with Crippen LogP contribution < -0.4 is 5.73 Å². The van der Waals surface area contributed by atoms with Gasteiger partial charge in [-0.2, -0.15) is 0 Å². The quantitative estimate of drug-likeness (QED) is 0.834. The molecule has 1 aromatic rings. The van der Waals surface area contributed by atoms with Crippen LogP contribution in [0.4, 0.5) is 0 Å². The van der Waals surface area contributed by atoms with Gasteiger partial charge in [0.05, 0.1) is 0 Å². The predicted octanol–water partition coefficient (Wildman–Crippen LogP) is 3.95. The lowest BCUT2D eigenvalue weighted by Crippen LogP contribution is -2.36. The van der Waals surface area contributed by atoms with E-state index >= 15 is 0 Å². The van der Waals surface area contributed by atoms with Gasteiger partial charge in [0, 0.05) is 0 Å². The maximum atomic E-state index is 6.14. The fraction of sp³-hybridized carbons (Fsp3) is 0.625. The summed E-state index contributed by atoms with van der Waals surface area (Å²) in [5, 5.41) is 0. The van der Waals surface area contributed by atoms with E-state index in [1.54, 1.807) is 0 Å². The molecule has 0 spiro atoms. The highest BCUT2D eigenvalue weighted by Gasteiger charge is 2.42. The lowest BCUT2D eigenvalue weighted by Gasteiger charge is -2.40. The third-order valence-electron chi connectivity index (χ3n) is 4.49. The second-order valence-electron chi connectivity index (χ2n) is 5.91. The molecule has 2 rings (SSSR count). The van der Waals surface area contributed by atoms with E-state index in [9.17, 15) is 0 Å². The minimum absolute atomic E-state index is 0.357. The van der Waals surface area contributed by atoms with Gasteiger partial charge in [-0.05, 0) is 42.2 Å². The minimum atomic E-state index is 0.357. The Labute approximate surface area is 105 Å². The van der Waals surface area contributed by atoms with Gasteiger partial charge in [0.25, 0.3) is 0 Å². The summed E-state index contributed by atoms with van der Waals surface area (Å²) in [6, 6.07) is 11.0. The van der Waals surface area contributed by atoms with Crippen molar-refractivity contribution in [1.29, 1.82) is 0 Å². The zero-order chi connectivity index (χ0) is 12.3. The van der Waals surface area contributed by atoms with Gasteiger partial charge in [0.15, 0.2) is 0 Å². The maximum Gasteiger partial charge on any atom is -0.00146 e. The van der Waals surface area contributed by atoms with E-state index in [0.717, 1.165) is 6.54 Å². The van der Waals surface area contributed by atoms with Crippen molar-refractivity contribution in [3.63, 3.8) is 0 Å². The summed E-state index contributed by atoms with van der Waals surface area (Å²) >= 11 is 0. The Hall–Kier alpha value is -0.820. The molecule has 0 aliphatic heterocycles. The number of benzene rings is 1. The second-order valence-corrected chi connectivity index (χ2v) is 5.91. The van der Waals surface area contributed by atoms with E-state index in [4.69, 9.17) is 5.73 Å². The summed E-state index contributed by atoms with van der Waals surface area (Å²) < 4.78 is 0. The summed E-state index contributed by atoms with van der Waals surface area (Å²) in [6.45, 7) is 5.52. The molecule has 1 nitrogen and oxygen atoms in total. The number of hydrogen-bond acceptors (Lipinski definition) is 1. The van der Waals surface area contributed by atoms with Crippen molar-refractivity contribution in [3.8, 4) is 0 Å². The standard InChI is InChI=1S/C16H25N/c1-13(2)15(14-8-4-3-5-9-14)16(12-17)10-6-7-11-16/h3-5,8-9,13,15H,6-7,10-12,17H2,1-2H3. The highest BCUT2D eigenvalue weighted by Crippen LogP contribution is 2.51. The van der Waals surface area contributed by atoms with Crippen LogP contribution in [0.5, 0.6) is 0 Å². The molecule has 1 heteroatoms. The summed E-state index contributed by atoms with van der Waals surface area (Å²) in [5.41, 5.74) is 7.98. The normalized spacial score (nSPS) is 20.7. The van der Waals surface area contributed by atoms with Crippen LogP contribution in [-0.2, 0) is 0 Å². The first-order chi connectivity index (χ1) is 8.19. The van der Waals surface area contributed by atoms with Gasteiger partial charge in [0.2, 0.25) is 0 Å². The molecule has 1 aliphatic rings. The molecular weight excluding hydrogens is 206 g/mol. The van der Waals surface area contributed by atoms with Crippen molar-refractivity contribution in [2.75, 3.05) is 6.54 Å². The highest BCUT2D eigenvalue weighted by atomic mass is 14.6. The molecule has 1 aliphatic carbocycles. The van der Waals surface area contributed by atoms with Crippen LogP contribution in [0.3, 0.4) is 0 Å². The van der Waals surface area contributed by atoms with E-state index in [1.165, 1.54) is 31.2 Å². The molecule has 1 atom stereocenters. The Morgan fingerprint density at radius 1 is 1.12 bits per heavy atom. The predicted molar refractivity (Wildman–Crippen MR) is 74.0 cm³/mol. The van der Waals surface area contributed by atoms with E-state index in [-0.39, 0.29) is 0 Å². The lowest BCUT2D eigenvalue weighted by atomic mass is 9.66. The Balaban J connectivity index is 2.35. The first kappa shape index (κ1) is 12.6. The zero-order valence-electron chi connectivity index (χ0n) is 11.2. The largest absolute Gasteiger partial charge is 0.330 e. The summed E-state index contributed by atoms with van der Waals surface area (Å²) in [6.07, 6.45) is 5.32. The average molecular weight is 231 g/mol. The van der Waals surface area contributed by atoms with Gasteiger partial charge in [-0.15, -0.1) is 0 Å². The van der Waals surface area contributed by atoms with Crippen molar-refractivity contribution in [2.24, 2.45) is 17.1 Å². The van der Waals surface area contributed by atoms with Gasteiger partial charge < -0.3 is 5.73 Å². The Morgan fingerprint density at radius 3 is 2.18 bits per heavy atom. The van der Waals surface area contributed by atoms with Gasteiger partial charge in [-0.25, -0.2) is 0 Å². The third kappa shape index (κ3) is 2.40. The third-order valence-corrected chi connectivity index (χ3v) is 4.49. The van der Waals surface area contributed by atoms with Gasteiger partial charge >= 0.3 is 0 Å². The molecule has 0 saturated heterocycles. The SMILES string of the molecule is CC(C)C(c1ccccc1)C1(CN)CCCC1. The Kier molecular flexibility index (Phi) is 3.88. The fourth-order valence-corrected chi connectivity index (χ4v) is 3.83. The van der Waals surface area contributed by atoms with Crippen LogP contribution in [0, 0.1) is 11.3 Å². The molecule has 1 aromatic carbocycles. The molecule has 2 N–H and O–H groups in total. The van der Waals surface area contributed by atoms with Crippen molar-refractivity contribution in [1.82, 2.24) is 0 Å². The number of hydrogen-bond donors (Lipinski definition) is 1. The van der Waals surface area contributed by atoms with Crippen LogP contribution in [0.15, 0.2) is 30.3 Å². The molecule has 17 heavy (non-hydrogen) atoms. The van der Waals surface area contributed by atoms with Crippen LogP contribution >= 0.6 is 0 Å². The maximum absolute atomic E-state index is 6.14. The second kappa shape index (κ2) is 5.22. The summed E-state index contributed by atoms with van der Waals surface area (Å²) in [5.74, 6) is 1.29. The van der Waals surface area contributed by atoms with E-state index in [1.807, 2.05) is 0 Å². The zero-order valence-corrected chi connectivity index (χ0v) is 11.2. The summed E-state index contributed by atoms with van der Waals surface area (Å²) in [4.78, 5) is 0. The smallest absolute Gasteiger partial charge is 0.00146 e. The monoisotopic (exact) mass is 231 g/mol. The number of nitrogens with two attached hydrogens (primary N) is 1. The van der Waals surface area contributed by atoms with Crippen LogP contribution in [0.1, 0.15) is 51.0 Å². The van der Waals surface area contributed by atoms with Crippen LogP contribution in [-0.4, -0.2) is 6.54 Å². The molecule has 0 radical (unpaired) electrons.